The van der Waals surface area contributed by atoms with E-state index in [9.17, 15) is 0 Å². The molecule has 0 bridgehead atoms. The van der Waals surface area contributed by atoms with E-state index in [2.05, 4.69) is 58.8 Å². The van der Waals surface area contributed by atoms with Crippen LogP contribution in [0.15, 0.2) is 72.8 Å². The number of piperidine rings is 1. The fourth-order valence-electron chi connectivity index (χ4n) is 5.41. The van der Waals surface area contributed by atoms with E-state index in [-0.39, 0.29) is 0 Å². The van der Waals surface area contributed by atoms with Crippen LogP contribution in [0.25, 0.3) is 23.2 Å². The molecule has 0 aliphatic carbocycles. The van der Waals surface area contributed by atoms with Crippen molar-refractivity contribution in [2.24, 2.45) is 5.92 Å². The summed E-state index contributed by atoms with van der Waals surface area (Å²) in [5, 5.41) is 3.59. The summed E-state index contributed by atoms with van der Waals surface area (Å²) >= 11 is 0. The molecule has 0 spiro atoms. The first-order valence-electron chi connectivity index (χ1n) is 14.4. The minimum atomic E-state index is 0.647. The number of hydrogen-bond acceptors (Lipinski definition) is 6. The van der Waals surface area contributed by atoms with E-state index in [1.165, 1.54) is 37.9 Å². The molecule has 0 unspecified atom stereocenters. The van der Waals surface area contributed by atoms with Gasteiger partial charge in [-0.3, -0.25) is 0 Å². The monoisotopic (exact) mass is 536 g/mol. The zero-order valence-corrected chi connectivity index (χ0v) is 23.7. The summed E-state index contributed by atoms with van der Waals surface area (Å²) in [6.45, 7) is 4.45. The zero-order chi connectivity index (χ0) is 27.6. The number of hydrogen-bond donors (Lipinski definition) is 1. The van der Waals surface area contributed by atoms with Gasteiger partial charge in [-0.05, 0) is 68.3 Å². The fourth-order valence-corrected chi connectivity index (χ4v) is 5.41. The van der Waals surface area contributed by atoms with Crippen LogP contribution in [0.4, 0.5) is 5.82 Å². The van der Waals surface area contributed by atoms with Gasteiger partial charge >= 0.3 is 0 Å². The van der Waals surface area contributed by atoms with E-state index in [1.807, 2.05) is 36.4 Å². The number of rotatable bonds is 12. The van der Waals surface area contributed by atoms with Gasteiger partial charge < -0.3 is 19.7 Å². The number of nitrogens with one attached hydrogen (secondary N) is 1. The van der Waals surface area contributed by atoms with Gasteiger partial charge in [-0.15, -0.1) is 0 Å². The molecule has 2 heterocycles. The maximum Gasteiger partial charge on any atom is 0.163 e. The van der Waals surface area contributed by atoms with Crippen LogP contribution in [0.2, 0.25) is 0 Å². The summed E-state index contributed by atoms with van der Waals surface area (Å²) in [6, 6.07) is 24.9. The van der Waals surface area contributed by atoms with Gasteiger partial charge in [0, 0.05) is 25.2 Å². The highest BCUT2D eigenvalue weighted by atomic mass is 16.5. The van der Waals surface area contributed by atoms with E-state index in [0.29, 0.717) is 11.5 Å². The molecule has 0 amide bonds. The molecule has 1 aliphatic heterocycles. The van der Waals surface area contributed by atoms with Gasteiger partial charge in [0.2, 0.25) is 0 Å². The second kappa shape index (κ2) is 13.9. The maximum atomic E-state index is 5.50. The molecule has 0 atom stereocenters. The predicted octanol–water partition coefficient (Wildman–Crippen LogP) is 6.96. The maximum absolute atomic E-state index is 5.50. The second-order valence-corrected chi connectivity index (χ2v) is 10.5. The average Bonchev–Trinajstić information content (AvgIpc) is 3.01. The molecule has 1 aliphatic rings. The van der Waals surface area contributed by atoms with E-state index < -0.39 is 0 Å². The molecule has 0 radical (unpaired) electrons. The summed E-state index contributed by atoms with van der Waals surface area (Å²) in [6.07, 6.45) is 10.2. The van der Waals surface area contributed by atoms with Crippen molar-refractivity contribution in [2.75, 3.05) is 45.7 Å². The first-order valence-corrected chi connectivity index (χ1v) is 14.4. The Hall–Kier alpha value is -3.90. The van der Waals surface area contributed by atoms with Crippen molar-refractivity contribution in [1.29, 1.82) is 0 Å². The standard InChI is InChI=1S/C34H40N4O2/c1-39-32-24-30-31(25-33(32)40-2)37-34(29(36-30)16-15-26-10-5-3-6-11-26)35-20-9-14-28-18-22-38(23-19-28)21-17-27-12-7-4-8-13-27/h3-8,10-13,15-16,24-25,28H,9,14,17-23H2,1-2H3,(H,35,37). The van der Waals surface area contributed by atoms with Gasteiger partial charge in [0.15, 0.2) is 17.3 Å². The van der Waals surface area contributed by atoms with Crippen LogP contribution in [-0.2, 0) is 6.42 Å². The highest BCUT2D eigenvalue weighted by molar-refractivity contribution is 5.84. The predicted molar refractivity (Wildman–Crippen MR) is 165 cm³/mol. The molecule has 208 valence electrons. The molecule has 1 saturated heterocycles. The third kappa shape index (κ3) is 7.39. The number of aromatic nitrogens is 2. The second-order valence-electron chi connectivity index (χ2n) is 10.5. The summed E-state index contributed by atoms with van der Waals surface area (Å²) in [5.41, 5.74) is 4.92. The van der Waals surface area contributed by atoms with Crippen molar-refractivity contribution in [2.45, 2.75) is 32.1 Å². The lowest BCUT2D eigenvalue weighted by atomic mass is 9.92. The summed E-state index contributed by atoms with van der Waals surface area (Å²) < 4.78 is 11.0. The van der Waals surface area contributed by atoms with Crippen molar-refractivity contribution in [1.82, 2.24) is 14.9 Å². The molecule has 6 heteroatoms. The Labute approximate surface area is 238 Å². The SMILES string of the molecule is COc1cc2nc(C=Cc3ccccc3)c(NCCCC3CCN(CCc4ccccc4)CC3)nc2cc1OC. The number of methoxy groups -OCH3 is 2. The van der Waals surface area contributed by atoms with Gasteiger partial charge in [-0.1, -0.05) is 66.7 Å². The van der Waals surface area contributed by atoms with Crippen molar-refractivity contribution >= 4 is 29.0 Å². The van der Waals surface area contributed by atoms with Crippen LogP contribution >= 0.6 is 0 Å². The van der Waals surface area contributed by atoms with Crippen molar-refractivity contribution in [3.63, 3.8) is 0 Å². The number of likely N-dealkylation sites (tertiary alicyclic amines) is 1. The Morgan fingerprint density at radius 1 is 0.850 bits per heavy atom. The Morgan fingerprint density at radius 3 is 2.17 bits per heavy atom. The van der Waals surface area contributed by atoms with Gasteiger partial charge in [-0.25, -0.2) is 9.97 Å². The molecular weight excluding hydrogens is 496 g/mol. The third-order valence-corrected chi connectivity index (χ3v) is 7.78. The lowest BCUT2D eigenvalue weighted by molar-refractivity contribution is 0.180. The van der Waals surface area contributed by atoms with Crippen LogP contribution < -0.4 is 14.8 Å². The largest absolute Gasteiger partial charge is 0.493 e. The van der Waals surface area contributed by atoms with Crippen LogP contribution in [0, 0.1) is 5.92 Å². The van der Waals surface area contributed by atoms with E-state index in [4.69, 9.17) is 19.4 Å². The Balaban J connectivity index is 1.18. The van der Waals surface area contributed by atoms with Crippen molar-refractivity contribution in [3.8, 4) is 11.5 Å². The molecule has 40 heavy (non-hydrogen) atoms. The molecule has 3 aromatic carbocycles. The first-order chi connectivity index (χ1) is 19.7. The summed E-state index contributed by atoms with van der Waals surface area (Å²) in [4.78, 5) is 12.5. The molecule has 4 aromatic rings. The van der Waals surface area contributed by atoms with Crippen molar-refractivity contribution < 1.29 is 9.47 Å². The topological polar surface area (TPSA) is 59.5 Å². The van der Waals surface area contributed by atoms with Gasteiger partial charge in [0.25, 0.3) is 0 Å². The normalized spacial score (nSPS) is 14.6. The lowest BCUT2D eigenvalue weighted by Gasteiger charge is -2.32. The number of ether oxygens (including phenoxy) is 2. The lowest BCUT2D eigenvalue weighted by Crippen LogP contribution is -2.35. The number of anilines is 1. The number of nitrogens with zero attached hydrogens (tertiary/aromatic N) is 3. The Bertz CT molecular complexity index is 1380. The highest BCUT2D eigenvalue weighted by Gasteiger charge is 2.19. The fraction of sp³-hybridized carbons (Fsp3) is 0.353. The minimum absolute atomic E-state index is 0.647. The van der Waals surface area contributed by atoms with Gasteiger partial charge in [0.05, 0.1) is 25.3 Å². The van der Waals surface area contributed by atoms with Gasteiger partial charge in [-0.2, -0.15) is 0 Å². The summed E-state index contributed by atoms with van der Waals surface area (Å²) in [5.74, 6) is 2.89. The molecule has 0 saturated carbocycles. The minimum Gasteiger partial charge on any atom is -0.493 e. The van der Waals surface area contributed by atoms with Gasteiger partial charge in [0.1, 0.15) is 5.69 Å². The molecule has 6 nitrogen and oxygen atoms in total. The van der Waals surface area contributed by atoms with Crippen LogP contribution in [-0.4, -0.2) is 55.3 Å². The van der Waals surface area contributed by atoms with E-state index in [0.717, 1.165) is 60.0 Å². The van der Waals surface area contributed by atoms with E-state index >= 15 is 0 Å². The molecular formula is C34H40N4O2. The number of benzene rings is 3. The summed E-state index contributed by atoms with van der Waals surface area (Å²) in [7, 11) is 3.28. The Kier molecular flexibility index (Phi) is 9.64. The quantitative estimate of drug-likeness (QED) is 0.198. The molecule has 1 fully saturated rings. The smallest absolute Gasteiger partial charge is 0.163 e. The van der Waals surface area contributed by atoms with E-state index in [1.54, 1.807) is 14.2 Å². The molecule has 1 N–H and O–H groups in total. The van der Waals surface area contributed by atoms with Crippen LogP contribution in [0.5, 0.6) is 11.5 Å². The molecule has 5 rings (SSSR count). The molecule has 1 aromatic heterocycles. The number of fused-ring (bicyclic) bond motifs is 1. The van der Waals surface area contributed by atoms with Crippen LogP contribution in [0.3, 0.4) is 0 Å². The van der Waals surface area contributed by atoms with Crippen LogP contribution in [0.1, 0.15) is 42.5 Å². The average molecular weight is 537 g/mol. The van der Waals surface area contributed by atoms with Crippen molar-refractivity contribution in [3.05, 3.63) is 89.6 Å². The zero-order valence-electron chi connectivity index (χ0n) is 23.7. The third-order valence-electron chi connectivity index (χ3n) is 7.78. The Morgan fingerprint density at radius 2 is 1.50 bits per heavy atom. The highest BCUT2D eigenvalue weighted by Crippen LogP contribution is 2.32. The first kappa shape index (κ1) is 27.7.